The Morgan fingerprint density at radius 1 is 0.286 bits per heavy atom. The van der Waals surface area contributed by atoms with Crippen LogP contribution in [0.25, 0.3) is 64.7 Å². The fourth-order valence-corrected chi connectivity index (χ4v) is 11.2. The second-order valence-electron chi connectivity index (χ2n) is 16.4. The molecule has 0 atom stereocenters. The molecule has 1 aromatic heterocycles. The molecule has 0 aliphatic heterocycles. The zero-order valence-electron chi connectivity index (χ0n) is 34.5. The van der Waals surface area contributed by atoms with E-state index < -0.39 is 5.41 Å². The van der Waals surface area contributed by atoms with Gasteiger partial charge in [-0.25, -0.2) is 0 Å². The third-order valence-corrected chi connectivity index (χ3v) is 14.1. The Hall–Kier alpha value is -7.78. The normalized spacial score (nSPS) is 12.6. The van der Waals surface area contributed by atoms with Crippen molar-refractivity contribution in [1.29, 1.82) is 0 Å². The van der Waals surface area contributed by atoms with Crippen LogP contribution in [-0.2, 0) is 5.41 Å². The molecule has 0 radical (unpaired) electrons. The summed E-state index contributed by atoms with van der Waals surface area (Å²) in [7, 11) is 0. The minimum atomic E-state index is -0.522. The molecule has 0 fully saturated rings. The van der Waals surface area contributed by atoms with Gasteiger partial charge in [0.1, 0.15) is 0 Å². The van der Waals surface area contributed by atoms with Crippen LogP contribution in [0.2, 0.25) is 0 Å². The van der Waals surface area contributed by atoms with Gasteiger partial charge in [-0.15, -0.1) is 11.3 Å². The average molecular weight is 820 g/mol. The topological polar surface area (TPSA) is 3.24 Å². The lowest BCUT2D eigenvalue weighted by Gasteiger charge is -2.35. The molecule has 0 saturated heterocycles. The van der Waals surface area contributed by atoms with Crippen molar-refractivity contribution in [2.75, 3.05) is 4.90 Å². The Morgan fingerprint density at radius 3 is 1.48 bits per heavy atom. The van der Waals surface area contributed by atoms with Crippen LogP contribution in [0.3, 0.4) is 0 Å². The summed E-state index contributed by atoms with van der Waals surface area (Å²) in [5, 5.41) is 2.62. The van der Waals surface area contributed by atoms with Crippen LogP contribution in [0.5, 0.6) is 0 Å². The molecule has 1 aliphatic rings. The lowest BCUT2D eigenvalue weighted by atomic mass is 9.67. The highest BCUT2D eigenvalue weighted by atomic mass is 32.1. The highest BCUT2D eigenvalue weighted by Gasteiger charge is 2.46. The summed E-state index contributed by atoms with van der Waals surface area (Å²) in [5.74, 6) is 0. The minimum absolute atomic E-state index is 0.522. The monoisotopic (exact) mass is 819 g/mol. The van der Waals surface area contributed by atoms with E-state index in [4.69, 9.17) is 0 Å². The molecule has 0 spiro atoms. The highest BCUT2D eigenvalue weighted by molar-refractivity contribution is 7.25. The quantitative estimate of drug-likeness (QED) is 0.148. The second-order valence-corrected chi connectivity index (χ2v) is 17.5. The number of fused-ring (bicyclic) bond motifs is 6. The Balaban J connectivity index is 1.07. The van der Waals surface area contributed by atoms with Gasteiger partial charge in [-0.1, -0.05) is 188 Å². The van der Waals surface area contributed by atoms with Gasteiger partial charge >= 0.3 is 0 Å². The van der Waals surface area contributed by atoms with Crippen molar-refractivity contribution < 1.29 is 0 Å². The number of hydrogen-bond donors (Lipinski definition) is 0. The maximum Gasteiger partial charge on any atom is 0.0714 e. The zero-order chi connectivity index (χ0) is 41.7. The predicted octanol–water partition coefficient (Wildman–Crippen LogP) is 16.9. The summed E-state index contributed by atoms with van der Waals surface area (Å²) in [6.45, 7) is 0. The summed E-state index contributed by atoms with van der Waals surface area (Å²) in [4.78, 5) is 2.45. The van der Waals surface area contributed by atoms with E-state index >= 15 is 0 Å². The number of anilines is 3. The number of nitrogens with zero attached hydrogens (tertiary/aromatic N) is 1. The molecule has 1 nitrogen and oxygen atoms in total. The van der Waals surface area contributed by atoms with Crippen LogP contribution >= 0.6 is 11.3 Å². The first-order chi connectivity index (χ1) is 31.2. The standard InChI is InChI=1S/C61H41NS/c1-4-17-42(18-5-1)46-37-47(43-19-6-2-7-20-43)39-52(38-46)62(50-34-31-44(32-35-50)45-33-36-60-56(40-45)55-27-12-15-30-59(55)63-60)51-24-16-23-49(41-51)61(48-21-8-3-9-22-48)57-28-13-10-25-53(57)54-26-11-14-29-58(54)61/h1-41H. The average Bonchev–Trinajstić information content (AvgIpc) is 3.89. The number of hydrogen-bond acceptors (Lipinski definition) is 2. The van der Waals surface area contributed by atoms with E-state index in [1.165, 1.54) is 86.9 Å². The van der Waals surface area contributed by atoms with Crippen molar-refractivity contribution in [3.05, 3.63) is 271 Å². The molecule has 296 valence electrons. The van der Waals surface area contributed by atoms with Gasteiger partial charge in [-0.3, -0.25) is 0 Å². The molecule has 0 unspecified atom stereocenters. The summed E-state index contributed by atoms with van der Waals surface area (Å²) in [6.07, 6.45) is 0. The van der Waals surface area contributed by atoms with Crippen LogP contribution in [-0.4, -0.2) is 0 Å². The van der Waals surface area contributed by atoms with E-state index in [9.17, 15) is 0 Å². The molecular weight excluding hydrogens is 779 g/mol. The first-order valence-corrected chi connectivity index (χ1v) is 22.5. The summed E-state index contributed by atoms with van der Waals surface area (Å²) in [6, 6.07) is 91.7. The molecule has 0 bridgehead atoms. The predicted molar refractivity (Wildman–Crippen MR) is 268 cm³/mol. The molecule has 2 heteroatoms. The van der Waals surface area contributed by atoms with Crippen LogP contribution in [0.1, 0.15) is 22.3 Å². The Kier molecular flexibility index (Phi) is 8.98. The lowest BCUT2D eigenvalue weighted by Crippen LogP contribution is -2.28. The van der Waals surface area contributed by atoms with Gasteiger partial charge in [-0.05, 0) is 127 Å². The summed E-state index contributed by atoms with van der Waals surface area (Å²) in [5.41, 5.74) is 17.5. The minimum Gasteiger partial charge on any atom is -0.310 e. The van der Waals surface area contributed by atoms with Crippen molar-refractivity contribution in [2.45, 2.75) is 5.41 Å². The van der Waals surface area contributed by atoms with Gasteiger partial charge < -0.3 is 4.90 Å². The van der Waals surface area contributed by atoms with Gasteiger partial charge in [0, 0.05) is 37.2 Å². The van der Waals surface area contributed by atoms with E-state index in [0.717, 1.165) is 17.1 Å². The van der Waals surface area contributed by atoms with Crippen molar-refractivity contribution in [2.24, 2.45) is 0 Å². The molecule has 1 aliphatic carbocycles. The third-order valence-electron chi connectivity index (χ3n) is 12.9. The molecule has 0 saturated carbocycles. The molecular formula is C61H41NS. The van der Waals surface area contributed by atoms with E-state index in [0.29, 0.717) is 0 Å². The van der Waals surface area contributed by atoms with Gasteiger partial charge in [0.05, 0.1) is 5.41 Å². The van der Waals surface area contributed by atoms with Crippen LogP contribution < -0.4 is 4.90 Å². The largest absolute Gasteiger partial charge is 0.310 e. The Morgan fingerprint density at radius 2 is 0.810 bits per heavy atom. The maximum absolute atomic E-state index is 2.45. The molecule has 0 N–H and O–H groups in total. The fraction of sp³-hybridized carbons (Fsp3) is 0.0164. The van der Waals surface area contributed by atoms with Gasteiger partial charge in [0.2, 0.25) is 0 Å². The van der Waals surface area contributed by atoms with Gasteiger partial charge in [0.25, 0.3) is 0 Å². The molecule has 10 aromatic carbocycles. The molecule has 12 rings (SSSR count). The van der Waals surface area contributed by atoms with Crippen LogP contribution in [0, 0.1) is 0 Å². The van der Waals surface area contributed by atoms with E-state index in [-0.39, 0.29) is 0 Å². The van der Waals surface area contributed by atoms with Crippen molar-refractivity contribution >= 4 is 48.6 Å². The van der Waals surface area contributed by atoms with E-state index in [1.54, 1.807) is 0 Å². The second kappa shape index (κ2) is 15.3. The number of benzene rings is 10. The molecule has 1 heterocycles. The smallest absolute Gasteiger partial charge is 0.0714 e. The molecule has 11 aromatic rings. The number of rotatable bonds is 8. The van der Waals surface area contributed by atoms with Crippen LogP contribution in [0.15, 0.2) is 249 Å². The Bertz CT molecular complexity index is 3340. The van der Waals surface area contributed by atoms with Crippen molar-refractivity contribution in [3.8, 4) is 44.5 Å². The van der Waals surface area contributed by atoms with Gasteiger partial charge in [0.15, 0.2) is 0 Å². The number of thiophene rings is 1. The van der Waals surface area contributed by atoms with E-state index in [1.807, 2.05) is 11.3 Å². The van der Waals surface area contributed by atoms with Crippen LogP contribution in [0.4, 0.5) is 17.1 Å². The fourth-order valence-electron chi connectivity index (χ4n) is 10.1. The third kappa shape index (κ3) is 6.22. The maximum atomic E-state index is 2.45. The Labute approximate surface area is 372 Å². The van der Waals surface area contributed by atoms with E-state index in [2.05, 4.69) is 254 Å². The van der Waals surface area contributed by atoms with Crippen molar-refractivity contribution in [1.82, 2.24) is 0 Å². The summed E-state index contributed by atoms with van der Waals surface area (Å²) < 4.78 is 2.64. The first kappa shape index (κ1) is 37.0. The van der Waals surface area contributed by atoms with Crippen molar-refractivity contribution in [3.63, 3.8) is 0 Å². The SMILES string of the molecule is c1ccc(-c2cc(-c3ccccc3)cc(N(c3ccc(-c4ccc5sc6ccccc6c5c4)cc3)c3cccc(C4(c5ccccc5)c5ccccc5-c5ccccc54)c3)c2)cc1. The zero-order valence-corrected chi connectivity index (χ0v) is 35.3. The molecule has 63 heavy (non-hydrogen) atoms. The summed E-state index contributed by atoms with van der Waals surface area (Å²) >= 11 is 1.86. The first-order valence-electron chi connectivity index (χ1n) is 21.7. The highest BCUT2D eigenvalue weighted by Crippen LogP contribution is 2.56. The lowest BCUT2D eigenvalue weighted by molar-refractivity contribution is 0.768. The van der Waals surface area contributed by atoms with Gasteiger partial charge in [-0.2, -0.15) is 0 Å². The molecule has 0 amide bonds.